The van der Waals surface area contributed by atoms with Gasteiger partial charge < -0.3 is 24.3 Å². The molecule has 15 rings (SSSR count). The largest absolute Gasteiger partial charge is 0.496 e. The minimum atomic E-state index is -0.224. The zero-order valence-electron chi connectivity index (χ0n) is 38.9. The standard InChI is InChI=1S/C56H63NO7/c1-21(58)57-24-10-11-25-26(12-24)30-15-29(25)43-44(30)54(5)46-32-16-31(45(46)53(43,54)4)27-13-35-36(14-28(27)32)52(62-9)42-38-18-37(41(42)51(35)61-8)49-50(38)56(7)48-34-17-33(47(48)55(49,56)6)39(19-63-22(2)59)40(34)20-64-23(3)60/h10-14,29-34,37-40,43-50H,15-20H2,1-9H3,(H,57,58)/t29-,30?,31+,32-,33+,34-,37-,38?,39-,40+,43?,44?,45?,46?,47?,48?,49?,50?,53-,54?,55+,56?/m0/s1. The van der Waals surface area contributed by atoms with E-state index in [1.54, 1.807) is 23.6 Å². The lowest BCUT2D eigenvalue weighted by Gasteiger charge is -2.84. The minimum Gasteiger partial charge on any atom is -0.496 e. The molecule has 334 valence electrons. The molecule has 8 heteroatoms. The van der Waals surface area contributed by atoms with Crippen LogP contribution in [0.1, 0.15) is 143 Å². The summed E-state index contributed by atoms with van der Waals surface area (Å²) in [7, 11) is 3.84. The van der Waals surface area contributed by atoms with Gasteiger partial charge in [-0.3, -0.25) is 14.4 Å². The van der Waals surface area contributed by atoms with E-state index < -0.39 is 0 Å². The van der Waals surface area contributed by atoms with E-state index in [0.717, 1.165) is 41.4 Å². The summed E-state index contributed by atoms with van der Waals surface area (Å²) in [4.78, 5) is 36.3. The number of esters is 2. The predicted molar refractivity (Wildman–Crippen MR) is 240 cm³/mol. The number of amides is 1. The fourth-order valence-corrected chi connectivity index (χ4v) is 23.3. The number of fused-ring (bicyclic) bond motifs is 40. The van der Waals surface area contributed by atoms with Gasteiger partial charge in [-0.05, 0) is 189 Å². The quantitative estimate of drug-likeness (QED) is 0.187. The second-order valence-corrected chi connectivity index (χ2v) is 24.6. The number of nitrogens with one attached hydrogen (secondary N) is 1. The number of hydrogen-bond acceptors (Lipinski definition) is 7. The first-order chi connectivity index (χ1) is 30.7. The lowest BCUT2D eigenvalue weighted by molar-refractivity contribution is -0.371. The number of rotatable bonds is 7. The van der Waals surface area contributed by atoms with Gasteiger partial charge in [-0.2, -0.15) is 0 Å². The van der Waals surface area contributed by atoms with E-state index in [2.05, 4.69) is 63.3 Å². The van der Waals surface area contributed by atoms with Crippen LogP contribution in [0, 0.1) is 92.7 Å². The van der Waals surface area contributed by atoms with E-state index >= 15 is 0 Å². The van der Waals surface area contributed by atoms with Gasteiger partial charge in [0, 0.05) is 60.2 Å². The Labute approximate surface area is 376 Å². The summed E-state index contributed by atoms with van der Waals surface area (Å²) in [6.07, 6.45) is 4.88. The Balaban J connectivity index is 0.801. The Kier molecular flexibility index (Phi) is 6.76. The summed E-state index contributed by atoms with van der Waals surface area (Å²) in [6, 6.07) is 12.0. The van der Waals surface area contributed by atoms with Gasteiger partial charge in [0.25, 0.3) is 0 Å². The molecule has 8 bridgehead atoms. The van der Waals surface area contributed by atoms with Crippen molar-refractivity contribution in [2.24, 2.45) is 92.7 Å². The molecule has 12 aliphatic carbocycles. The molecule has 0 aliphatic heterocycles. The monoisotopic (exact) mass is 861 g/mol. The van der Waals surface area contributed by atoms with Crippen molar-refractivity contribution in [1.29, 1.82) is 0 Å². The molecule has 1 N–H and O–H groups in total. The average Bonchev–Trinajstić information content (AvgIpc) is 4.15. The van der Waals surface area contributed by atoms with Crippen LogP contribution in [0.4, 0.5) is 5.69 Å². The average molecular weight is 862 g/mol. The van der Waals surface area contributed by atoms with Crippen LogP contribution in [0.3, 0.4) is 0 Å². The summed E-state index contributed by atoms with van der Waals surface area (Å²) in [5.41, 5.74) is 11.2. The van der Waals surface area contributed by atoms with Crippen LogP contribution < -0.4 is 14.8 Å². The summed E-state index contributed by atoms with van der Waals surface area (Å²) >= 11 is 0. The van der Waals surface area contributed by atoms with Crippen LogP contribution in [0.25, 0.3) is 10.8 Å². The smallest absolute Gasteiger partial charge is 0.302 e. The molecule has 3 aromatic rings. The lowest BCUT2D eigenvalue weighted by atomic mass is 9.19. The summed E-state index contributed by atoms with van der Waals surface area (Å²) in [6.45, 7) is 16.2. The molecule has 9 fully saturated rings. The van der Waals surface area contributed by atoms with E-state index in [4.69, 9.17) is 18.9 Å². The molecule has 12 aliphatic rings. The van der Waals surface area contributed by atoms with E-state index in [1.165, 1.54) is 60.6 Å². The van der Waals surface area contributed by atoms with Gasteiger partial charge in [0.2, 0.25) is 5.91 Å². The first-order valence-corrected chi connectivity index (χ1v) is 25.1. The van der Waals surface area contributed by atoms with Crippen molar-refractivity contribution in [2.75, 3.05) is 32.8 Å². The maximum Gasteiger partial charge on any atom is 0.302 e. The minimum absolute atomic E-state index is 0.00284. The molecule has 1 amide bonds. The Hall–Kier alpha value is -4.07. The Bertz CT molecular complexity index is 2760. The SMILES string of the molecule is COc1c2c(c(OC)c3cc4c(cc13)[C@@H]1C[C@H]4C3C1C1(C)C4C5C[C@@H](c6ccc(NC(C)=O)cc65)C4[C@@]31C)[C@@H]1CC2C2C1[C@@]1(C)C3C([C@H]4C[C@@H]3[C@H](COC(C)=O)[C@@H]4COC(C)=O)C21C. The van der Waals surface area contributed by atoms with Gasteiger partial charge in [0.15, 0.2) is 0 Å². The van der Waals surface area contributed by atoms with Crippen molar-refractivity contribution in [3.05, 3.63) is 63.7 Å². The number of carbonyl (C=O) groups excluding carboxylic acids is 3. The highest BCUT2D eigenvalue weighted by Crippen LogP contribution is 2.97. The van der Waals surface area contributed by atoms with Crippen LogP contribution in [0.5, 0.6) is 11.5 Å². The van der Waals surface area contributed by atoms with Gasteiger partial charge in [0.05, 0.1) is 27.4 Å². The zero-order chi connectivity index (χ0) is 43.8. The first kappa shape index (κ1) is 38.1. The number of carbonyl (C=O) groups is 3. The maximum atomic E-state index is 12.1. The van der Waals surface area contributed by atoms with Crippen LogP contribution in [-0.4, -0.2) is 45.3 Å². The molecule has 0 saturated heterocycles. The van der Waals surface area contributed by atoms with Crippen LogP contribution in [0.2, 0.25) is 0 Å². The van der Waals surface area contributed by atoms with Gasteiger partial charge >= 0.3 is 11.9 Å². The molecule has 0 radical (unpaired) electrons. The van der Waals surface area contributed by atoms with E-state index in [0.29, 0.717) is 101 Å². The van der Waals surface area contributed by atoms with Crippen LogP contribution in [0.15, 0.2) is 30.3 Å². The van der Waals surface area contributed by atoms with Crippen LogP contribution >= 0.6 is 0 Å². The van der Waals surface area contributed by atoms with E-state index in [1.807, 2.05) is 14.2 Å². The molecule has 0 heterocycles. The Morgan fingerprint density at radius 1 is 0.531 bits per heavy atom. The first-order valence-electron chi connectivity index (χ1n) is 25.1. The predicted octanol–water partition coefficient (Wildman–Crippen LogP) is 10.3. The Morgan fingerprint density at radius 3 is 1.34 bits per heavy atom. The molecule has 0 spiro atoms. The fourth-order valence-electron chi connectivity index (χ4n) is 23.3. The third-order valence-corrected chi connectivity index (χ3v) is 24.3. The van der Waals surface area contributed by atoms with Crippen molar-refractivity contribution in [1.82, 2.24) is 0 Å². The molecule has 0 aromatic heterocycles. The van der Waals surface area contributed by atoms with Crippen LogP contribution in [-0.2, 0) is 23.9 Å². The second kappa shape index (κ2) is 11.4. The fraction of sp³-hybridized carbons (Fsp3) is 0.661. The number of benzene rings is 3. The van der Waals surface area contributed by atoms with Crippen molar-refractivity contribution in [3.8, 4) is 11.5 Å². The Morgan fingerprint density at radius 2 is 0.922 bits per heavy atom. The molecule has 9 saturated carbocycles. The molecular formula is C56H63NO7. The van der Waals surface area contributed by atoms with Gasteiger partial charge in [-0.25, -0.2) is 0 Å². The van der Waals surface area contributed by atoms with Crippen molar-refractivity contribution in [2.45, 2.75) is 110 Å². The summed E-state index contributed by atoms with van der Waals surface area (Å²) in [5.74, 6) is 11.9. The third-order valence-electron chi connectivity index (χ3n) is 24.3. The summed E-state index contributed by atoms with van der Waals surface area (Å²) < 4.78 is 24.9. The highest BCUT2D eigenvalue weighted by atomic mass is 16.5. The number of methoxy groups -OCH3 is 2. The molecule has 3 aromatic carbocycles. The molecule has 8 nitrogen and oxygen atoms in total. The summed E-state index contributed by atoms with van der Waals surface area (Å²) in [5, 5.41) is 5.61. The highest BCUT2D eigenvalue weighted by molar-refractivity contribution is 5.99. The number of anilines is 1. The molecule has 12 unspecified atom stereocenters. The van der Waals surface area contributed by atoms with Gasteiger partial charge in [-0.15, -0.1) is 0 Å². The van der Waals surface area contributed by atoms with E-state index in [9.17, 15) is 14.4 Å². The molecule has 64 heavy (non-hydrogen) atoms. The lowest BCUT2D eigenvalue weighted by Crippen LogP contribution is -2.81. The molecular weight excluding hydrogens is 799 g/mol. The number of hydrogen-bond donors (Lipinski definition) is 1. The third kappa shape index (κ3) is 3.58. The topological polar surface area (TPSA) is 100 Å². The van der Waals surface area contributed by atoms with Crippen molar-refractivity contribution in [3.63, 3.8) is 0 Å². The normalized spacial score (nSPS) is 50.0. The van der Waals surface area contributed by atoms with Gasteiger partial charge in [0.1, 0.15) is 11.5 Å². The highest BCUT2D eigenvalue weighted by Gasteiger charge is 2.91. The van der Waals surface area contributed by atoms with Crippen molar-refractivity contribution >= 4 is 34.3 Å². The van der Waals surface area contributed by atoms with E-state index in [-0.39, 0.29) is 40.5 Å². The zero-order valence-corrected chi connectivity index (χ0v) is 38.9. The molecule has 22 atom stereocenters. The number of ether oxygens (including phenoxy) is 4. The van der Waals surface area contributed by atoms with Gasteiger partial charge in [-0.1, -0.05) is 33.8 Å². The van der Waals surface area contributed by atoms with Crippen molar-refractivity contribution < 1.29 is 33.3 Å². The maximum absolute atomic E-state index is 12.1. The second-order valence-electron chi connectivity index (χ2n) is 24.6.